The molecule has 0 aromatic carbocycles. The van der Waals surface area contributed by atoms with Gasteiger partial charge in [-0.15, -0.1) is 0 Å². The Morgan fingerprint density at radius 2 is 2.28 bits per heavy atom. The molecule has 0 saturated carbocycles. The zero-order valence-corrected chi connectivity index (χ0v) is 11.5. The lowest BCUT2D eigenvalue weighted by Gasteiger charge is -2.32. The van der Waals surface area contributed by atoms with E-state index >= 15 is 0 Å². The van der Waals surface area contributed by atoms with Gasteiger partial charge in [-0.2, -0.15) is 4.98 Å². The standard InChI is InChI=1S/C12H18ClN3O2/c1-16-6-4-3-5-9(16)7-18-12-10(17-2)11(13)14-8-15-12/h8-9H,3-7H2,1-2H3. The minimum Gasteiger partial charge on any atom is -0.489 e. The van der Waals surface area contributed by atoms with E-state index in [2.05, 4.69) is 21.9 Å². The third-order valence-electron chi connectivity index (χ3n) is 3.27. The largest absolute Gasteiger partial charge is 0.489 e. The smallest absolute Gasteiger partial charge is 0.261 e. The number of piperidine rings is 1. The van der Waals surface area contributed by atoms with E-state index in [0.29, 0.717) is 24.3 Å². The fourth-order valence-corrected chi connectivity index (χ4v) is 2.34. The molecule has 6 heteroatoms. The van der Waals surface area contributed by atoms with Gasteiger partial charge >= 0.3 is 0 Å². The molecule has 0 spiro atoms. The molecular formula is C12H18ClN3O2. The van der Waals surface area contributed by atoms with Crippen LogP contribution in [-0.4, -0.2) is 48.2 Å². The first-order valence-corrected chi connectivity index (χ1v) is 6.47. The van der Waals surface area contributed by atoms with Crippen LogP contribution in [0.1, 0.15) is 19.3 Å². The zero-order chi connectivity index (χ0) is 13.0. The number of methoxy groups -OCH3 is 1. The number of halogens is 1. The summed E-state index contributed by atoms with van der Waals surface area (Å²) in [4.78, 5) is 10.2. The van der Waals surface area contributed by atoms with Crippen LogP contribution in [0.15, 0.2) is 6.33 Å². The normalized spacial score (nSPS) is 20.7. The number of likely N-dealkylation sites (N-methyl/N-ethyl adjacent to an activating group) is 1. The Balaban J connectivity index is 1.99. The van der Waals surface area contributed by atoms with Crippen molar-refractivity contribution >= 4 is 11.6 Å². The molecule has 0 radical (unpaired) electrons. The monoisotopic (exact) mass is 271 g/mol. The molecule has 2 heterocycles. The Kier molecular flexibility index (Phi) is 4.60. The number of hydrogen-bond acceptors (Lipinski definition) is 5. The van der Waals surface area contributed by atoms with Gasteiger partial charge in [-0.1, -0.05) is 18.0 Å². The van der Waals surface area contributed by atoms with Crippen molar-refractivity contribution in [1.29, 1.82) is 0 Å². The van der Waals surface area contributed by atoms with Crippen LogP contribution in [0.2, 0.25) is 5.15 Å². The van der Waals surface area contributed by atoms with Crippen LogP contribution in [0.25, 0.3) is 0 Å². The molecule has 0 amide bonds. The van der Waals surface area contributed by atoms with E-state index < -0.39 is 0 Å². The number of nitrogens with zero attached hydrogens (tertiary/aromatic N) is 3. The van der Waals surface area contributed by atoms with Crippen LogP contribution in [-0.2, 0) is 0 Å². The van der Waals surface area contributed by atoms with Crippen LogP contribution in [0.3, 0.4) is 0 Å². The summed E-state index contributed by atoms with van der Waals surface area (Å²) in [6.45, 7) is 1.72. The van der Waals surface area contributed by atoms with Crippen molar-refractivity contribution in [3.63, 3.8) is 0 Å². The first-order valence-electron chi connectivity index (χ1n) is 6.10. The number of aromatic nitrogens is 2. The fraction of sp³-hybridized carbons (Fsp3) is 0.667. The second-order valence-electron chi connectivity index (χ2n) is 4.44. The maximum atomic E-state index is 5.91. The van der Waals surface area contributed by atoms with Crippen LogP contribution in [0.4, 0.5) is 0 Å². The highest BCUT2D eigenvalue weighted by Crippen LogP contribution is 2.30. The van der Waals surface area contributed by atoms with E-state index in [9.17, 15) is 0 Å². The van der Waals surface area contributed by atoms with Crippen molar-refractivity contribution in [2.45, 2.75) is 25.3 Å². The minimum absolute atomic E-state index is 0.277. The topological polar surface area (TPSA) is 47.5 Å². The molecule has 0 N–H and O–H groups in total. The van der Waals surface area contributed by atoms with Crippen molar-refractivity contribution in [3.05, 3.63) is 11.5 Å². The van der Waals surface area contributed by atoms with Crippen molar-refractivity contribution in [3.8, 4) is 11.6 Å². The molecule has 1 atom stereocenters. The summed E-state index contributed by atoms with van der Waals surface area (Å²) in [6.07, 6.45) is 5.04. The summed E-state index contributed by atoms with van der Waals surface area (Å²) in [7, 11) is 3.65. The van der Waals surface area contributed by atoms with Crippen molar-refractivity contribution in [2.75, 3.05) is 27.3 Å². The Labute approximate surface area is 112 Å². The lowest BCUT2D eigenvalue weighted by molar-refractivity contribution is 0.120. The van der Waals surface area contributed by atoms with Gasteiger partial charge in [0.15, 0.2) is 5.15 Å². The van der Waals surface area contributed by atoms with Gasteiger partial charge in [0.25, 0.3) is 5.88 Å². The highest BCUT2D eigenvalue weighted by Gasteiger charge is 2.21. The summed E-state index contributed by atoms with van der Waals surface area (Å²) < 4.78 is 10.9. The van der Waals surface area contributed by atoms with Crippen molar-refractivity contribution < 1.29 is 9.47 Å². The number of ether oxygens (including phenoxy) is 2. The zero-order valence-electron chi connectivity index (χ0n) is 10.7. The highest BCUT2D eigenvalue weighted by molar-refractivity contribution is 6.31. The first kappa shape index (κ1) is 13.4. The van der Waals surface area contributed by atoms with Crippen molar-refractivity contribution in [2.24, 2.45) is 0 Å². The Morgan fingerprint density at radius 1 is 1.44 bits per heavy atom. The maximum absolute atomic E-state index is 5.91. The van der Waals surface area contributed by atoms with E-state index in [1.54, 1.807) is 0 Å². The van der Waals surface area contributed by atoms with Gasteiger partial charge in [0.2, 0.25) is 5.75 Å². The predicted octanol–water partition coefficient (Wildman–Crippen LogP) is 2.00. The average Bonchev–Trinajstić information content (AvgIpc) is 2.38. The van der Waals surface area contributed by atoms with Gasteiger partial charge in [-0.05, 0) is 26.4 Å². The van der Waals surface area contributed by atoms with Crippen LogP contribution < -0.4 is 9.47 Å². The van der Waals surface area contributed by atoms with Crippen LogP contribution >= 0.6 is 11.6 Å². The van der Waals surface area contributed by atoms with E-state index in [0.717, 1.165) is 13.0 Å². The van der Waals surface area contributed by atoms with E-state index in [-0.39, 0.29) is 5.15 Å². The van der Waals surface area contributed by atoms with Crippen LogP contribution in [0.5, 0.6) is 11.6 Å². The van der Waals surface area contributed by atoms with E-state index in [4.69, 9.17) is 21.1 Å². The van der Waals surface area contributed by atoms with Crippen molar-refractivity contribution in [1.82, 2.24) is 14.9 Å². The molecule has 0 aliphatic carbocycles. The highest BCUT2D eigenvalue weighted by atomic mass is 35.5. The van der Waals surface area contributed by atoms with E-state index in [1.165, 1.54) is 26.3 Å². The molecule has 1 aliphatic rings. The van der Waals surface area contributed by atoms with Gasteiger partial charge in [0, 0.05) is 6.04 Å². The van der Waals surface area contributed by atoms with E-state index in [1.807, 2.05) is 0 Å². The SMILES string of the molecule is COc1c(Cl)ncnc1OCC1CCCCN1C. The van der Waals surface area contributed by atoms with Gasteiger partial charge < -0.3 is 14.4 Å². The molecule has 1 aromatic rings. The lowest BCUT2D eigenvalue weighted by Crippen LogP contribution is -2.40. The van der Waals surface area contributed by atoms with Gasteiger partial charge in [-0.3, -0.25) is 0 Å². The Morgan fingerprint density at radius 3 is 3.00 bits per heavy atom. The summed E-state index contributed by atoms with van der Waals surface area (Å²) in [5.74, 6) is 0.814. The number of rotatable bonds is 4. The number of hydrogen-bond donors (Lipinski definition) is 0. The molecule has 5 nitrogen and oxygen atoms in total. The second-order valence-corrected chi connectivity index (χ2v) is 4.80. The Hall–Kier alpha value is -1.07. The quantitative estimate of drug-likeness (QED) is 0.784. The molecule has 1 saturated heterocycles. The fourth-order valence-electron chi connectivity index (χ4n) is 2.14. The van der Waals surface area contributed by atoms with Crippen LogP contribution in [0, 0.1) is 0 Å². The molecule has 1 aliphatic heterocycles. The molecule has 1 fully saturated rings. The molecule has 1 unspecified atom stereocenters. The minimum atomic E-state index is 0.277. The molecule has 1 aromatic heterocycles. The van der Waals surface area contributed by atoms with Gasteiger partial charge in [0.1, 0.15) is 12.9 Å². The molecule has 100 valence electrons. The van der Waals surface area contributed by atoms with Gasteiger partial charge in [-0.25, -0.2) is 4.98 Å². The summed E-state index contributed by atoms with van der Waals surface area (Å²) >= 11 is 5.91. The molecule has 0 bridgehead atoms. The second kappa shape index (κ2) is 6.20. The first-order chi connectivity index (χ1) is 8.72. The Bertz CT molecular complexity index is 403. The predicted molar refractivity (Wildman–Crippen MR) is 69.4 cm³/mol. The summed E-state index contributed by atoms with van der Waals surface area (Å²) in [5, 5.41) is 0.277. The van der Waals surface area contributed by atoms with Gasteiger partial charge in [0.05, 0.1) is 7.11 Å². The molecule has 18 heavy (non-hydrogen) atoms. The number of likely N-dealkylation sites (tertiary alicyclic amines) is 1. The maximum Gasteiger partial charge on any atom is 0.261 e. The third kappa shape index (κ3) is 3.03. The summed E-state index contributed by atoms with van der Waals surface area (Å²) in [5.41, 5.74) is 0. The summed E-state index contributed by atoms with van der Waals surface area (Å²) in [6, 6.07) is 0.428. The average molecular weight is 272 g/mol. The molecular weight excluding hydrogens is 254 g/mol. The third-order valence-corrected chi connectivity index (χ3v) is 3.53. The molecule has 2 rings (SSSR count). The lowest BCUT2D eigenvalue weighted by atomic mass is 10.0.